The average Bonchev–Trinajstić information content (AvgIpc) is 3.10. The normalized spacial score (nSPS) is 11.7. The Bertz CT molecular complexity index is 969. The lowest BCUT2D eigenvalue weighted by molar-refractivity contribution is 0.0993. The van der Waals surface area contributed by atoms with Gasteiger partial charge in [-0.3, -0.25) is 4.79 Å². The van der Waals surface area contributed by atoms with Crippen LogP contribution < -0.4 is 0 Å². The Morgan fingerprint density at radius 1 is 1.31 bits per heavy atom. The molecule has 2 heterocycles. The second-order valence-electron chi connectivity index (χ2n) is 5.87. The van der Waals surface area contributed by atoms with Gasteiger partial charge in [-0.1, -0.05) is 18.2 Å². The summed E-state index contributed by atoms with van der Waals surface area (Å²) in [4.78, 5) is 12.3. The van der Waals surface area contributed by atoms with Crippen LogP contribution in [0.5, 0.6) is 5.88 Å². The summed E-state index contributed by atoms with van der Waals surface area (Å²) in [5, 5.41) is 19.1. The van der Waals surface area contributed by atoms with Gasteiger partial charge in [0.1, 0.15) is 11.5 Å². The Hall–Kier alpha value is -2.93. The number of hydrogen-bond acceptors (Lipinski definition) is 5. The summed E-state index contributed by atoms with van der Waals surface area (Å²) in [5.41, 5.74) is 1.44. The van der Waals surface area contributed by atoms with E-state index in [2.05, 4.69) is 10.2 Å². The number of para-hydroxylation sites is 1. The number of fused-ring (bicyclic) bond motifs is 1. The first kappa shape index (κ1) is 17.9. The lowest BCUT2D eigenvalue weighted by Gasteiger charge is -2.06. The maximum Gasteiger partial charge on any atom is 0.298 e. The molecular formula is C19H21N3O4. The summed E-state index contributed by atoms with van der Waals surface area (Å²) in [6.45, 7) is 6.92. The Morgan fingerprint density at radius 3 is 2.77 bits per heavy atom. The van der Waals surface area contributed by atoms with Crippen molar-refractivity contribution in [2.24, 2.45) is 10.2 Å². The van der Waals surface area contributed by atoms with Crippen LogP contribution in [-0.4, -0.2) is 28.8 Å². The molecule has 3 rings (SSSR count). The van der Waals surface area contributed by atoms with Crippen LogP contribution in [0.4, 0.5) is 5.69 Å². The van der Waals surface area contributed by atoms with Crippen molar-refractivity contribution in [1.29, 1.82) is 0 Å². The van der Waals surface area contributed by atoms with Crippen molar-refractivity contribution in [2.45, 2.75) is 27.3 Å². The highest BCUT2D eigenvalue weighted by molar-refractivity contribution is 5.97. The summed E-state index contributed by atoms with van der Waals surface area (Å²) in [6.07, 6.45) is 0. The number of aromatic hydroxyl groups is 1. The maximum atomic E-state index is 12.3. The number of nitrogens with zero attached hydrogens (tertiary/aromatic N) is 3. The summed E-state index contributed by atoms with van der Waals surface area (Å²) in [7, 11) is 0. The summed E-state index contributed by atoms with van der Waals surface area (Å²) < 4.78 is 12.4. The van der Waals surface area contributed by atoms with Gasteiger partial charge < -0.3 is 18.8 Å². The molecule has 3 aromatic rings. The number of amides is 1. The van der Waals surface area contributed by atoms with E-state index in [9.17, 15) is 9.90 Å². The van der Waals surface area contributed by atoms with E-state index in [0.29, 0.717) is 36.8 Å². The molecule has 0 aliphatic heterocycles. The van der Waals surface area contributed by atoms with Crippen LogP contribution in [0, 0.1) is 13.8 Å². The molecule has 0 fully saturated rings. The van der Waals surface area contributed by atoms with Crippen LogP contribution in [0.3, 0.4) is 0 Å². The molecule has 0 saturated carbocycles. The second-order valence-corrected chi connectivity index (χ2v) is 5.87. The van der Waals surface area contributed by atoms with Crippen molar-refractivity contribution in [2.75, 3.05) is 13.2 Å². The van der Waals surface area contributed by atoms with Crippen molar-refractivity contribution < 1.29 is 19.1 Å². The number of carbonyl (C=O) groups is 1. The number of benzene rings is 1. The van der Waals surface area contributed by atoms with Crippen molar-refractivity contribution in [1.82, 2.24) is 4.57 Å². The monoisotopic (exact) mass is 355 g/mol. The highest BCUT2D eigenvalue weighted by Crippen LogP contribution is 2.38. The first-order valence-electron chi connectivity index (χ1n) is 8.44. The van der Waals surface area contributed by atoms with Gasteiger partial charge in [-0.05, 0) is 32.9 Å². The fourth-order valence-corrected chi connectivity index (χ4v) is 2.89. The third-order valence-corrected chi connectivity index (χ3v) is 4.09. The highest BCUT2D eigenvalue weighted by Gasteiger charge is 2.18. The third kappa shape index (κ3) is 3.39. The number of ether oxygens (including phenoxy) is 1. The zero-order valence-electron chi connectivity index (χ0n) is 15.0. The molecule has 0 aliphatic rings. The second kappa shape index (κ2) is 7.53. The molecule has 0 atom stereocenters. The van der Waals surface area contributed by atoms with Crippen LogP contribution in [0.2, 0.25) is 0 Å². The van der Waals surface area contributed by atoms with E-state index in [0.717, 1.165) is 10.9 Å². The Kier molecular flexibility index (Phi) is 5.18. The number of carbonyl (C=O) groups excluding carboxylic acids is 1. The van der Waals surface area contributed by atoms with E-state index in [-0.39, 0.29) is 11.6 Å². The molecule has 0 spiro atoms. The van der Waals surface area contributed by atoms with E-state index in [1.54, 1.807) is 24.5 Å². The Labute approximate surface area is 150 Å². The number of aryl methyl sites for hydroxylation is 2. The van der Waals surface area contributed by atoms with Crippen molar-refractivity contribution in [3.05, 3.63) is 47.4 Å². The molecular weight excluding hydrogens is 334 g/mol. The molecule has 0 aliphatic carbocycles. The van der Waals surface area contributed by atoms with Gasteiger partial charge in [0.05, 0.1) is 17.7 Å². The number of furan rings is 1. The van der Waals surface area contributed by atoms with E-state index >= 15 is 0 Å². The van der Waals surface area contributed by atoms with Crippen LogP contribution in [0.1, 0.15) is 28.8 Å². The Morgan fingerprint density at radius 2 is 2.08 bits per heavy atom. The number of azo groups is 1. The standard InChI is InChI=1S/C19H21N3O4/c1-4-25-10-9-22-16-8-6-5-7-14(16)17(19(22)24)20-21-18(23)15-11-12(2)26-13(15)3/h5-8,11,24H,4,9-10H2,1-3H3. The van der Waals surface area contributed by atoms with Crippen LogP contribution in [-0.2, 0) is 11.3 Å². The summed E-state index contributed by atoms with van der Waals surface area (Å²) in [5.74, 6) is 0.582. The minimum Gasteiger partial charge on any atom is -0.493 e. The lowest BCUT2D eigenvalue weighted by Crippen LogP contribution is -2.05. The van der Waals surface area contributed by atoms with Crippen LogP contribution in [0.25, 0.3) is 10.9 Å². The van der Waals surface area contributed by atoms with E-state index in [1.807, 2.05) is 31.2 Å². The SMILES string of the molecule is CCOCCn1c(O)c(N=NC(=O)c2cc(C)oc2C)c2ccccc21. The smallest absolute Gasteiger partial charge is 0.298 e. The van der Waals surface area contributed by atoms with Gasteiger partial charge in [-0.25, -0.2) is 0 Å². The average molecular weight is 355 g/mol. The number of aromatic nitrogens is 1. The lowest BCUT2D eigenvalue weighted by atomic mass is 10.2. The first-order valence-corrected chi connectivity index (χ1v) is 8.44. The topological polar surface area (TPSA) is 89.3 Å². The van der Waals surface area contributed by atoms with Crippen LogP contribution in [0.15, 0.2) is 45.0 Å². The molecule has 7 nitrogen and oxygen atoms in total. The molecule has 1 amide bonds. The third-order valence-electron chi connectivity index (χ3n) is 4.09. The van der Waals surface area contributed by atoms with Gasteiger partial charge in [0, 0.05) is 18.5 Å². The highest BCUT2D eigenvalue weighted by atomic mass is 16.5. The van der Waals surface area contributed by atoms with E-state index < -0.39 is 5.91 Å². The largest absolute Gasteiger partial charge is 0.493 e. The molecule has 0 saturated heterocycles. The van der Waals surface area contributed by atoms with Gasteiger partial charge in [-0.15, -0.1) is 10.2 Å². The molecule has 1 N–H and O–H groups in total. The maximum absolute atomic E-state index is 12.3. The van der Waals surface area contributed by atoms with Crippen LogP contribution >= 0.6 is 0 Å². The van der Waals surface area contributed by atoms with Gasteiger partial charge in [0.15, 0.2) is 5.69 Å². The number of hydrogen-bond donors (Lipinski definition) is 1. The van der Waals surface area contributed by atoms with Crippen molar-refractivity contribution >= 4 is 22.5 Å². The quantitative estimate of drug-likeness (QED) is 0.520. The van der Waals surface area contributed by atoms with E-state index in [1.165, 1.54) is 0 Å². The molecule has 1 aromatic carbocycles. The molecule has 7 heteroatoms. The van der Waals surface area contributed by atoms with Crippen molar-refractivity contribution in [3.8, 4) is 5.88 Å². The molecule has 26 heavy (non-hydrogen) atoms. The van der Waals surface area contributed by atoms with Gasteiger partial charge in [0.2, 0.25) is 5.88 Å². The van der Waals surface area contributed by atoms with Gasteiger partial charge in [0.25, 0.3) is 5.91 Å². The summed E-state index contributed by atoms with van der Waals surface area (Å²) in [6, 6.07) is 9.06. The minimum absolute atomic E-state index is 0.0393. The summed E-state index contributed by atoms with van der Waals surface area (Å²) >= 11 is 0. The van der Waals surface area contributed by atoms with E-state index in [4.69, 9.17) is 9.15 Å². The minimum atomic E-state index is -0.509. The molecule has 0 radical (unpaired) electrons. The van der Waals surface area contributed by atoms with Gasteiger partial charge in [-0.2, -0.15) is 0 Å². The number of rotatable bonds is 6. The Balaban J connectivity index is 1.95. The predicted molar refractivity (Wildman–Crippen MR) is 97.1 cm³/mol. The molecule has 136 valence electrons. The zero-order chi connectivity index (χ0) is 18.7. The molecule has 2 aromatic heterocycles. The fraction of sp³-hybridized carbons (Fsp3) is 0.316. The van der Waals surface area contributed by atoms with Crippen molar-refractivity contribution in [3.63, 3.8) is 0 Å². The molecule has 0 bridgehead atoms. The fourth-order valence-electron chi connectivity index (χ4n) is 2.89. The first-order chi connectivity index (χ1) is 12.5. The molecule has 0 unspecified atom stereocenters. The zero-order valence-corrected chi connectivity index (χ0v) is 15.0. The van der Waals surface area contributed by atoms with Gasteiger partial charge >= 0.3 is 0 Å². The predicted octanol–water partition coefficient (Wildman–Crippen LogP) is 4.52.